The molecule has 1 amide bonds. The number of anilines is 1. The second kappa shape index (κ2) is 11.8. The van der Waals surface area contributed by atoms with Gasteiger partial charge in [-0.15, -0.1) is 0 Å². The van der Waals surface area contributed by atoms with E-state index in [1.165, 1.54) is 6.33 Å². The van der Waals surface area contributed by atoms with E-state index < -0.39 is 12.3 Å². The van der Waals surface area contributed by atoms with Crippen molar-refractivity contribution >= 4 is 22.9 Å². The monoisotopic (exact) mass is 519 g/mol. The van der Waals surface area contributed by atoms with Crippen LogP contribution in [0.3, 0.4) is 0 Å². The fourth-order valence-corrected chi connectivity index (χ4v) is 4.61. The van der Waals surface area contributed by atoms with E-state index in [1.54, 1.807) is 11.5 Å². The first kappa shape index (κ1) is 25.9. The number of nitrogens with one attached hydrogen (secondary N) is 1. The van der Waals surface area contributed by atoms with Gasteiger partial charge in [0.05, 0.1) is 32.3 Å². The lowest BCUT2D eigenvalue weighted by Crippen LogP contribution is -2.32. The molecule has 0 spiro atoms. The molecular formula is C28H30FN5O4. The molecule has 198 valence electrons. The Morgan fingerprint density at radius 3 is 2.42 bits per heavy atom. The van der Waals surface area contributed by atoms with Crippen LogP contribution in [-0.2, 0) is 32.2 Å². The number of nitrogens with zero attached hydrogens (tertiary/aromatic N) is 4. The van der Waals surface area contributed by atoms with Gasteiger partial charge in [0.15, 0.2) is 17.0 Å². The van der Waals surface area contributed by atoms with Crippen LogP contribution in [0.5, 0.6) is 0 Å². The Hall–Kier alpha value is -3.73. The predicted molar refractivity (Wildman–Crippen MR) is 138 cm³/mol. The van der Waals surface area contributed by atoms with Gasteiger partial charge in [0.2, 0.25) is 5.91 Å². The Bertz CT molecular complexity index is 1370. The molecule has 0 bridgehead atoms. The van der Waals surface area contributed by atoms with Crippen molar-refractivity contribution < 1.29 is 23.4 Å². The number of aromatic nitrogens is 4. The summed E-state index contributed by atoms with van der Waals surface area (Å²) in [6.45, 7) is 4.88. The lowest BCUT2D eigenvalue weighted by atomic mass is 10.0. The number of fused-ring (bicyclic) bond motifs is 1. The summed E-state index contributed by atoms with van der Waals surface area (Å²) in [7, 11) is 0. The molecular weight excluding hydrogens is 489 g/mol. The van der Waals surface area contributed by atoms with Crippen molar-refractivity contribution in [2.75, 3.05) is 11.9 Å². The third kappa shape index (κ3) is 5.72. The third-order valence-corrected chi connectivity index (χ3v) is 6.57. The first-order valence-electron chi connectivity index (χ1n) is 12.7. The van der Waals surface area contributed by atoms with Crippen molar-refractivity contribution in [1.29, 1.82) is 0 Å². The fraction of sp³-hybridized carbons (Fsp3) is 0.357. The third-order valence-electron chi connectivity index (χ3n) is 6.57. The smallest absolute Gasteiger partial charge is 0.312 e. The molecule has 0 aliphatic carbocycles. The van der Waals surface area contributed by atoms with Crippen molar-refractivity contribution in [3.63, 3.8) is 0 Å². The first-order valence-corrected chi connectivity index (χ1v) is 12.7. The van der Waals surface area contributed by atoms with Crippen LogP contribution in [0.15, 0.2) is 67.0 Å². The lowest BCUT2D eigenvalue weighted by Gasteiger charge is -2.22. The number of rotatable bonds is 10. The zero-order valence-corrected chi connectivity index (χ0v) is 21.3. The van der Waals surface area contributed by atoms with Gasteiger partial charge in [-0.1, -0.05) is 74.5 Å². The number of carbonyl (C=O) groups is 1. The van der Waals surface area contributed by atoms with Crippen molar-refractivity contribution in [3.05, 3.63) is 84.2 Å². The predicted octanol–water partition coefficient (Wildman–Crippen LogP) is 4.65. The van der Waals surface area contributed by atoms with E-state index in [9.17, 15) is 9.18 Å². The number of hydrogen-bond acceptors (Lipinski definition) is 7. The minimum Gasteiger partial charge on any atom is -0.374 e. The number of carbonyl (C=O) groups excluding carboxylic acids is 1. The summed E-state index contributed by atoms with van der Waals surface area (Å²) in [6.07, 6.45) is -0.443. The lowest BCUT2D eigenvalue weighted by molar-refractivity contribution is -0.115. The molecule has 1 saturated heterocycles. The van der Waals surface area contributed by atoms with Crippen LogP contribution in [-0.4, -0.2) is 44.2 Å². The van der Waals surface area contributed by atoms with E-state index >= 15 is 0 Å². The van der Waals surface area contributed by atoms with Crippen molar-refractivity contribution in [2.45, 2.75) is 51.9 Å². The van der Waals surface area contributed by atoms with Crippen LogP contribution in [0.25, 0.3) is 11.2 Å². The maximum absolute atomic E-state index is 14.4. The van der Waals surface area contributed by atoms with E-state index in [1.807, 2.05) is 67.6 Å². The van der Waals surface area contributed by atoms with Crippen LogP contribution in [0.1, 0.15) is 37.6 Å². The summed E-state index contributed by atoms with van der Waals surface area (Å²) in [5.41, 5.74) is 2.63. The average Bonchev–Trinajstić information content (AvgIpc) is 3.49. The molecule has 1 aliphatic rings. The van der Waals surface area contributed by atoms with Gasteiger partial charge in [-0.25, -0.2) is 4.98 Å². The Kier molecular flexibility index (Phi) is 8.02. The highest BCUT2D eigenvalue weighted by Gasteiger charge is 2.44. The Labute approximate surface area is 220 Å². The molecule has 4 atom stereocenters. The maximum Gasteiger partial charge on any atom is 0.312 e. The second-order valence-corrected chi connectivity index (χ2v) is 9.25. The van der Waals surface area contributed by atoms with Gasteiger partial charge in [0, 0.05) is 12.3 Å². The number of halogens is 1. The molecule has 3 heterocycles. The topological polar surface area (TPSA) is 100 Å². The summed E-state index contributed by atoms with van der Waals surface area (Å²) in [5.74, 6) is -0.411. The normalized spacial score (nSPS) is 21.1. The van der Waals surface area contributed by atoms with Crippen LogP contribution >= 0.6 is 0 Å². The van der Waals surface area contributed by atoms with Gasteiger partial charge < -0.3 is 19.5 Å². The van der Waals surface area contributed by atoms with Crippen molar-refractivity contribution in [2.24, 2.45) is 5.92 Å². The zero-order chi connectivity index (χ0) is 26.5. The van der Waals surface area contributed by atoms with Gasteiger partial charge in [-0.3, -0.25) is 9.36 Å². The molecule has 4 unspecified atom stereocenters. The number of benzene rings is 2. The number of imidazole rings is 1. The highest BCUT2D eigenvalue weighted by atomic mass is 19.1. The minimum absolute atomic E-state index is 0.0309. The number of amides is 1. The molecule has 4 aromatic rings. The van der Waals surface area contributed by atoms with E-state index in [4.69, 9.17) is 14.2 Å². The summed E-state index contributed by atoms with van der Waals surface area (Å²) in [6, 6.07) is 19.8. The summed E-state index contributed by atoms with van der Waals surface area (Å²) in [5, 5.41) is 2.60. The summed E-state index contributed by atoms with van der Waals surface area (Å²) < 4.78 is 34.9. The van der Waals surface area contributed by atoms with Gasteiger partial charge in [0.1, 0.15) is 12.3 Å². The van der Waals surface area contributed by atoms with Gasteiger partial charge in [-0.05, 0) is 11.1 Å². The zero-order valence-electron chi connectivity index (χ0n) is 21.3. The molecule has 5 rings (SSSR count). The van der Waals surface area contributed by atoms with Crippen LogP contribution in [0.2, 0.25) is 0 Å². The molecule has 1 aliphatic heterocycles. The van der Waals surface area contributed by atoms with Crippen molar-refractivity contribution in [1.82, 2.24) is 19.5 Å². The number of ether oxygens (including phenoxy) is 3. The molecule has 2 aromatic heterocycles. The minimum atomic E-state index is -0.962. The van der Waals surface area contributed by atoms with E-state index in [-0.39, 0.29) is 47.4 Å². The number of hydrogen-bond donors (Lipinski definition) is 1. The molecule has 1 N–H and O–H groups in total. The van der Waals surface area contributed by atoms with E-state index in [0.717, 1.165) is 11.1 Å². The second-order valence-electron chi connectivity index (χ2n) is 9.25. The molecule has 0 radical (unpaired) electrons. The summed E-state index contributed by atoms with van der Waals surface area (Å²) in [4.78, 5) is 24.0. The molecule has 9 nitrogen and oxygen atoms in total. The standard InChI is InChI=1S/C28H30FN5O4/c1-3-22(35)31-25-23-26(33-28(29)32-25)34(17-30-23)27-18(2)24(37-15-20-12-8-5-9-13-20)21(38-27)16-36-14-19-10-6-4-7-11-19/h4-13,17-18,21,24,27H,3,14-16H2,1-2H3,(H,31,32,33,35). The van der Waals surface area contributed by atoms with Gasteiger partial charge in [-0.2, -0.15) is 14.4 Å². The van der Waals surface area contributed by atoms with Crippen LogP contribution in [0, 0.1) is 12.0 Å². The average molecular weight is 520 g/mol. The SMILES string of the molecule is CCC(=O)Nc1nc(F)nc2c1ncn2C1OC(COCc2ccccc2)C(OCc2ccccc2)C1C. The highest BCUT2D eigenvalue weighted by molar-refractivity contribution is 5.96. The maximum atomic E-state index is 14.4. The van der Waals surface area contributed by atoms with Crippen molar-refractivity contribution in [3.8, 4) is 0 Å². The molecule has 10 heteroatoms. The molecule has 38 heavy (non-hydrogen) atoms. The van der Waals surface area contributed by atoms with Crippen LogP contribution < -0.4 is 5.32 Å². The first-order chi connectivity index (χ1) is 18.5. The summed E-state index contributed by atoms with van der Waals surface area (Å²) >= 11 is 0. The molecule has 1 fully saturated rings. The van der Waals surface area contributed by atoms with E-state index in [2.05, 4.69) is 20.3 Å². The van der Waals surface area contributed by atoms with Crippen LogP contribution in [0.4, 0.5) is 10.2 Å². The van der Waals surface area contributed by atoms with Gasteiger partial charge in [0.25, 0.3) is 0 Å². The highest BCUT2D eigenvalue weighted by Crippen LogP contribution is 2.39. The Balaban J connectivity index is 1.39. The molecule has 2 aromatic carbocycles. The molecule has 0 saturated carbocycles. The quantitative estimate of drug-likeness (QED) is 0.305. The fourth-order valence-electron chi connectivity index (χ4n) is 4.61. The Morgan fingerprint density at radius 1 is 1.05 bits per heavy atom. The largest absolute Gasteiger partial charge is 0.374 e. The Morgan fingerprint density at radius 2 is 1.74 bits per heavy atom. The van der Waals surface area contributed by atoms with Gasteiger partial charge >= 0.3 is 6.08 Å². The van der Waals surface area contributed by atoms with E-state index in [0.29, 0.717) is 19.8 Å².